The second-order valence-corrected chi connectivity index (χ2v) is 6.30. The van der Waals surface area contributed by atoms with Gasteiger partial charge in [-0.15, -0.1) is 0 Å². The van der Waals surface area contributed by atoms with Crippen molar-refractivity contribution in [2.45, 2.75) is 52.2 Å². The van der Waals surface area contributed by atoms with Crippen molar-refractivity contribution in [1.29, 1.82) is 0 Å². The number of hydrogen-bond acceptors (Lipinski definition) is 2. The van der Waals surface area contributed by atoms with Crippen molar-refractivity contribution < 1.29 is 9.53 Å². The minimum atomic E-state index is -0.119. The highest BCUT2D eigenvalue weighted by Gasteiger charge is 2.19. The Morgan fingerprint density at radius 3 is 2.50 bits per heavy atom. The van der Waals surface area contributed by atoms with Gasteiger partial charge in [0.05, 0.1) is 18.6 Å². The Morgan fingerprint density at radius 1 is 1.08 bits per heavy atom. The van der Waals surface area contributed by atoms with Gasteiger partial charge in [0.1, 0.15) is 0 Å². The van der Waals surface area contributed by atoms with Gasteiger partial charge in [-0.2, -0.15) is 0 Å². The maximum atomic E-state index is 12.7. The zero-order valence-electron chi connectivity index (χ0n) is 14.8. The summed E-state index contributed by atoms with van der Waals surface area (Å²) in [5, 5.41) is 3.06. The van der Waals surface area contributed by atoms with E-state index in [1.807, 2.05) is 68.4 Å². The summed E-state index contributed by atoms with van der Waals surface area (Å²) < 4.78 is 5.63. The van der Waals surface area contributed by atoms with Gasteiger partial charge in [-0.3, -0.25) is 4.79 Å². The third-order valence-electron chi connectivity index (χ3n) is 3.87. The van der Waals surface area contributed by atoms with Gasteiger partial charge in [0.15, 0.2) is 0 Å². The van der Waals surface area contributed by atoms with Gasteiger partial charge in [0.25, 0.3) is 0 Å². The van der Waals surface area contributed by atoms with Crippen LogP contribution in [0.5, 0.6) is 0 Å². The molecule has 0 fully saturated rings. The van der Waals surface area contributed by atoms with Crippen molar-refractivity contribution in [3.63, 3.8) is 0 Å². The van der Waals surface area contributed by atoms with Gasteiger partial charge in [-0.05, 0) is 43.5 Å². The summed E-state index contributed by atoms with van der Waals surface area (Å²) in [7, 11) is 0. The van der Waals surface area contributed by atoms with Crippen LogP contribution in [-0.4, -0.2) is 12.0 Å². The molecule has 0 saturated carbocycles. The van der Waals surface area contributed by atoms with E-state index in [1.165, 1.54) is 0 Å². The molecule has 3 nitrogen and oxygen atoms in total. The summed E-state index contributed by atoms with van der Waals surface area (Å²) in [6, 6.07) is 17.8. The van der Waals surface area contributed by atoms with E-state index in [2.05, 4.69) is 12.2 Å². The zero-order valence-corrected chi connectivity index (χ0v) is 14.8. The van der Waals surface area contributed by atoms with Crippen LogP contribution in [0, 0.1) is 0 Å². The molecule has 3 heteroatoms. The van der Waals surface area contributed by atoms with E-state index in [-0.39, 0.29) is 17.9 Å². The van der Waals surface area contributed by atoms with E-state index >= 15 is 0 Å². The summed E-state index contributed by atoms with van der Waals surface area (Å²) in [5.74, 6) is -0.0725. The molecule has 0 bridgehead atoms. The highest BCUT2D eigenvalue weighted by atomic mass is 16.5. The molecule has 0 radical (unpaired) electrons. The van der Waals surface area contributed by atoms with E-state index in [4.69, 9.17) is 4.74 Å². The maximum Gasteiger partial charge on any atom is 0.231 e. The highest BCUT2D eigenvalue weighted by Crippen LogP contribution is 2.23. The average molecular weight is 325 g/mol. The molecule has 0 heterocycles. The SMILES string of the molecule is CCCC(C(=O)Nc1cccc(COC(C)C)c1)c1ccccc1. The van der Waals surface area contributed by atoms with Gasteiger partial charge in [-0.1, -0.05) is 55.8 Å². The standard InChI is InChI=1S/C21H27NO2/c1-4-9-20(18-11-6-5-7-12-18)21(23)22-19-13-8-10-17(14-19)15-24-16(2)3/h5-8,10-14,16,20H,4,9,15H2,1-3H3,(H,22,23). The number of benzene rings is 2. The van der Waals surface area contributed by atoms with Crippen LogP contribution in [0.1, 0.15) is 50.7 Å². The topological polar surface area (TPSA) is 38.3 Å². The first-order valence-electron chi connectivity index (χ1n) is 8.66. The number of hydrogen-bond donors (Lipinski definition) is 1. The van der Waals surface area contributed by atoms with Gasteiger partial charge < -0.3 is 10.1 Å². The van der Waals surface area contributed by atoms with E-state index in [1.54, 1.807) is 0 Å². The number of carbonyl (C=O) groups excluding carboxylic acids is 1. The molecule has 0 aromatic heterocycles. The Kier molecular flexibility index (Phi) is 7.01. The first kappa shape index (κ1) is 18.2. The van der Waals surface area contributed by atoms with Crippen LogP contribution in [0.3, 0.4) is 0 Å². The molecule has 0 aliphatic heterocycles. The first-order chi connectivity index (χ1) is 11.6. The third kappa shape index (κ3) is 5.50. The highest BCUT2D eigenvalue weighted by molar-refractivity contribution is 5.95. The van der Waals surface area contributed by atoms with E-state index < -0.39 is 0 Å². The molecule has 1 amide bonds. The van der Waals surface area contributed by atoms with Crippen LogP contribution in [0.25, 0.3) is 0 Å². The summed E-state index contributed by atoms with van der Waals surface area (Å²) in [6.45, 7) is 6.69. The Bertz CT molecular complexity index is 637. The fraction of sp³-hybridized carbons (Fsp3) is 0.381. The molecule has 0 spiro atoms. The molecule has 2 aromatic carbocycles. The lowest BCUT2D eigenvalue weighted by molar-refractivity contribution is -0.117. The predicted molar refractivity (Wildman–Crippen MR) is 99.1 cm³/mol. The molecule has 128 valence electrons. The smallest absolute Gasteiger partial charge is 0.231 e. The first-order valence-corrected chi connectivity index (χ1v) is 8.66. The third-order valence-corrected chi connectivity index (χ3v) is 3.87. The van der Waals surface area contributed by atoms with E-state index in [9.17, 15) is 4.79 Å². The zero-order chi connectivity index (χ0) is 17.4. The summed E-state index contributed by atoms with van der Waals surface area (Å²) in [6.07, 6.45) is 2.00. The van der Waals surface area contributed by atoms with Crippen LogP contribution in [0.2, 0.25) is 0 Å². The van der Waals surface area contributed by atoms with E-state index in [0.717, 1.165) is 29.7 Å². The van der Waals surface area contributed by atoms with Gasteiger partial charge in [-0.25, -0.2) is 0 Å². The molecule has 0 aliphatic rings. The predicted octanol–water partition coefficient (Wildman–Crippen LogP) is 5.13. The molecule has 2 aromatic rings. The lowest BCUT2D eigenvalue weighted by Gasteiger charge is -2.17. The fourth-order valence-electron chi connectivity index (χ4n) is 2.65. The Labute approximate surface area is 145 Å². The molecule has 24 heavy (non-hydrogen) atoms. The number of rotatable bonds is 8. The van der Waals surface area contributed by atoms with Gasteiger partial charge in [0, 0.05) is 5.69 Å². The monoisotopic (exact) mass is 325 g/mol. The molecular formula is C21H27NO2. The molecule has 1 unspecified atom stereocenters. The van der Waals surface area contributed by atoms with Crippen LogP contribution < -0.4 is 5.32 Å². The van der Waals surface area contributed by atoms with Crippen molar-refractivity contribution in [3.8, 4) is 0 Å². The quantitative estimate of drug-likeness (QED) is 0.730. The lowest BCUT2D eigenvalue weighted by Crippen LogP contribution is -2.21. The molecule has 2 rings (SSSR count). The normalized spacial score (nSPS) is 12.2. The average Bonchev–Trinajstić information content (AvgIpc) is 2.59. The number of anilines is 1. The van der Waals surface area contributed by atoms with E-state index in [0.29, 0.717) is 6.61 Å². The second-order valence-electron chi connectivity index (χ2n) is 6.30. The number of amides is 1. The minimum Gasteiger partial charge on any atom is -0.374 e. The Morgan fingerprint density at radius 2 is 1.83 bits per heavy atom. The van der Waals surface area contributed by atoms with Gasteiger partial charge >= 0.3 is 0 Å². The van der Waals surface area contributed by atoms with Crippen LogP contribution >= 0.6 is 0 Å². The summed E-state index contributed by atoms with van der Waals surface area (Å²) in [5.41, 5.74) is 2.95. The largest absolute Gasteiger partial charge is 0.374 e. The van der Waals surface area contributed by atoms with Crippen LogP contribution in [-0.2, 0) is 16.1 Å². The number of ether oxygens (including phenoxy) is 1. The molecule has 0 saturated heterocycles. The van der Waals surface area contributed by atoms with Crippen molar-refractivity contribution in [2.75, 3.05) is 5.32 Å². The Hall–Kier alpha value is -2.13. The second kappa shape index (κ2) is 9.24. The summed E-state index contributed by atoms with van der Waals surface area (Å²) in [4.78, 5) is 12.7. The molecule has 1 N–H and O–H groups in total. The minimum absolute atomic E-state index is 0.0463. The lowest BCUT2D eigenvalue weighted by atomic mass is 9.93. The molecule has 0 aliphatic carbocycles. The summed E-state index contributed by atoms with van der Waals surface area (Å²) >= 11 is 0. The van der Waals surface area contributed by atoms with Gasteiger partial charge in [0.2, 0.25) is 5.91 Å². The fourth-order valence-corrected chi connectivity index (χ4v) is 2.65. The van der Waals surface area contributed by atoms with Crippen molar-refractivity contribution in [3.05, 3.63) is 65.7 Å². The maximum absolute atomic E-state index is 12.7. The van der Waals surface area contributed by atoms with Crippen molar-refractivity contribution >= 4 is 11.6 Å². The molecular weight excluding hydrogens is 298 g/mol. The van der Waals surface area contributed by atoms with Crippen LogP contribution in [0.4, 0.5) is 5.69 Å². The molecule has 1 atom stereocenters. The van der Waals surface area contributed by atoms with Crippen molar-refractivity contribution in [2.24, 2.45) is 0 Å². The number of nitrogens with one attached hydrogen (secondary N) is 1. The van der Waals surface area contributed by atoms with Crippen molar-refractivity contribution in [1.82, 2.24) is 0 Å². The van der Waals surface area contributed by atoms with Crippen LogP contribution in [0.15, 0.2) is 54.6 Å². The number of carbonyl (C=O) groups is 1. The Balaban J connectivity index is 2.08.